The molecule has 21 heavy (non-hydrogen) atoms. The summed E-state index contributed by atoms with van der Waals surface area (Å²) in [6.45, 7) is -1.21. The van der Waals surface area contributed by atoms with E-state index in [0.29, 0.717) is 5.56 Å². The zero-order chi connectivity index (χ0) is 14.2. The fourth-order valence-corrected chi connectivity index (χ4v) is 1.52. The van der Waals surface area contributed by atoms with Crippen molar-refractivity contribution in [3.8, 4) is 0 Å². The fourth-order valence-electron chi connectivity index (χ4n) is 0.776. The van der Waals surface area contributed by atoms with E-state index in [9.17, 15) is 4.79 Å². The summed E-state index contributed by atoms with van der Waals surface area (Å²) in [5, 5.41) is 33.5. The van der Waals surface area contributed by atoms with Crippen molar-refractivity contribution in [1.29, 1.82) is 0 Å². The van der Waals surface area contributed by atoms with Crippen molar-refractivity contribution >= 4 is 34.0 Å². The van der Waals surface area contributed by atoms with Crippen LogP contribution in [0.15, 0.2) is 24.3 Å². The van der Waals surface area contributed by atoms with Gasteiger partial charge in [0.05, 0.1) is 25.4 Å². The topological polar surface area (TPSA) is 124 Å². The summed E-state index contributed by atoms with van der Waals surface area (Å²) in [6.07, 6.45) is 0. The number of rotatable bonds is 4. The van der Waals surface area contributed by atoms with Gasteiger partial charge in [-0.15, -0.1) is 0 Å². The van der Waals surface area contributed by atoms with E-state index >= 15 is 0 Å². The van der Waals surface area contributed by atoms with Gasteiger partial charge in [0.2, 0.25) is 0 Å². The summed E-state index contributed by atoms with van der Waals surface area (Å²) in [4.78, 5) is 10.3. The molecule has 108 valence electrons. The predicted molar refractivity (Wildman–Crippen MR) is 73.1 cm³/mol. The summed E-state index contributed by atoms with van der Waals surface area (Å²) in [7, 11) is 0. The molecule has 0 amide bonds. The van der Waals surface area contributed by atoms with E-state index in [1.54, 1.807) is 12.1 Å². The van der Waals surface area contributed by atoms with Crippen LogP contribution in [0.4, 0.5) is 0 Å². The molecule has 0 aromatic heterocycles. The maximum Gasteiger partial charge on any atom is 1.00 e. The Kier molecular flexibility index (Phi) is 25.6. The Balaban J connectivity index is -0.0000000392. The molecule has 0 saturated heterocycles. The Hall–Kier alpha value is 2.41. The van der Waals surface area contributed by atoms with Crippen LogP contribution >= 0.6 is 0 Å². The van der Waals surface area contributed by atoms with Gasteiger partial charge in [-0.1, -0.05) is 0 Å². The number of carbonyl (C=O) groups is 1. The summed E-state index contributed by atoms with van der Waals surface area (Å²) in [6, 6.07) is 6.98. The molecule has 1 aromatic carbocycles. The van der Waals surface area contributed by atoms with Gasteiger partial charge in [0.25, 0.3) is 0 Å². The Morgan fingerprint density at radius 1 is 1.05 bits per heavy atom. The monoisotopic (exact) mass is 525 g/mol. The van der Waals surface area contributed by atoms with Gasteiger partial charge in [-0.2, -0.15) is 0 Å². The van der Waals surface area contributed by atoms with E-state index in [2.05, 4.69) is 0 Å². The van der Waals surface area contributed by atoms with Crippen LogP contribution in [0, 0.1) is 0 Å². The van der Waals surface area contributed by atoms with Crippen molar-refractivity contribution < 1.29 is 118 Å². The molecule has 0 atom stereocenters. The van der Waals surface area contributed by atoms with E-state index in [1.165, 1.54) is 3.27 Å². The van der Waals surface area contributed by atoms with Crippen LogP contribution in [0.2, 0.25) is 0 Å². The van der Waals surface area contributed by atoms with Gasteiger partial charge in [0.1, 0.15) is 0 Å². The van der Waals surface area contributed by atoms with Gasteiger partial charge < -0.3 is 25.3 Å². The molecular formula is C11H21BiNNa3O5. The van der Waals surface area contributed by atoms with E-state index < -0.39 is 31.3 Å². The van der Waals surface area contributed by atoms with Gasteiger partial charge >= 0.3 is 162 Å². The molecule has 0 aliphatic heterocycles. The third kappa shape index (κ3) is 14.5. The van der Waals surface area contributed by atoms with Crippen molar-refractivity contribution in [3.05, 3.63) is 29.8 Å². The molecule has 0 unspecified atom stereocenters. The Bertz CT molecular complexity index is 381. The summed E-state index contributed by atoms with van der Waals surface area (Å²) >= 11 is 0.785. The number of nitrogens with two attached hydrogens (primary N) is 1. The number of benzene rings is 1. The van der Waals surface area contributed by atoms with Gasteiger partial charge in [-0.25, -0.2) is 0 Å². The third-order valence-corrected chi connectivity index (χ3v) is 3.60. The van der Waals surface area contributed by atoms with E-state index in [1.807, 2.05) is 12.1 Å². The first-order valence-corrected chi connectivity index (χ1v) is 7.33. The van der Waals surface area contributed by atoms with Gasteiger partial charge in [0.15, 0.2) is 0 Å². The van der Waals surface area contributed by atoms with Crippen LogP contribution in [-0.2, 0) is 0 Å². The van der Waals surface area contributed by atoms with Gasteiger partial charge in [-0.05, 0) is 0 Å². The van der Waals surface area contributed by atoms with Crippen molar-refractivity contribution in [3.63, 3.8) is 0 Å². The largest absolute Gasteiger partial charge is 1.00 e. The molecular weight excluding hydrogens is 504 g/mol. The minimum Gasteiger partial charge on any atom is -1.00 e. The summed E-state index contributed by atoms with van der Waals surface area (Å²) in [5.41, 5.74) is 4.30. The number of carboxylic acid groups (broad SMARTS) is 1. The normalized spacial score (nSPS) is 9.00. The van der Waals surface area contributed by atoms with Crippen molar-refractivity contribution in [2.24, 2.45) is 5.73 Å². The van der Waals surface area contributed by atoms with E-state index in [4.69, 9.17) is 26.2 Å². The number of hydrogen-bond acceptors (Lipinski definition) is 5. The average Bonchev–Trinajstić information content (AvgIpc) is 2.39. The molecule has 0 radical (unpaired) electrons. The molecule has 0 heterocycles. The second-order valence-electron chi connectivity index (χ2n) is 3.76. The fraction of sp³-hybridized carbons (Fsp3) is 0.364. The second-order valence-corrected chi connectivity index (χ2v) is 6.36. The standard InChI is InChI=1S/C7H5O2.C4H11NO3.Bi.3Na.5H/c8-7(9)6-4-2-1-3-5-6;5-4(1-6,2-7)3-8;;;;;;;;;/h2-5H,(H,8,9);6-8H,1-3,5H2;;;;;;;;;/q;;;3*+1;;;3*-1. The van der Waals surface area contributed by atoms with E-state index in [-0.39, 0.29) is 93.0 Å². The average molecular weight is 525 g/mol. The van der Waals surface area contributed by atoms with Crippen molar-refractivity contribution in [1.82, 2.24) is 0 Å². The van der Waals surface area contributed by atoms with Crippen LogP contribution in [0.5, 0.6) is 0 Å². The number of aliphatic hydroxyl groups is 3. The molecule has 6 nitrogen and oxygen atoms in total. The molecule has 0 spiro atoms. The van der Waals surface area contributed by atoms with Crippen LogP contribution < -0.4 is 97.7 Å². The third-order valence-electron chi connectivity index (χ3n) is 2.10. The predicted octanol–water partition coefficient (Wildman–Crippen LogP) is -11.3. The molecule has 1 rings (SSSR count). The smallest absolute Gasteiger partial charge is 1.00 e. The maximum atomic E-state index is 10.3. The quantitative estimate of drug-likeness (QED) is 0.249. The van der Waals surface area contributed by atoms with E-state index in [0.717, 1.165) is 24.7 Å². The van der Waals surface area contributed by atoms with Crippen LogP contribution in [0.25, 0.3) is 0 Å². The van der Waals surface area contributed by atoms with Crippen molar-refractivity contribution in [2.75, 3.05) is 19.8 Å². The Morgan fingerprint density at radius 3 is 1.57 bits per heavy atom. The molecule has 6 N–H and O–H groups in total. The molecule has 0 bridgehead atoms. The van der Waals surface area contributed by atoms with Crippen molar-refractivity contribution in [2.45, 2.75) is 5.54 Å². The minimum atomic E-state index is -1.21. The number of aliphatic hydroxyl groups excluding tert-OH is 3. The van der Waals surface area contributed by atoms with Crippen LogP contribution in [-0.4, -0.2) is 76.5 Å². The molecule has 0 fully saturated rings. The Morgan fingerprint density at radius 2 is 1.38 bits per heavy atom. The minimum absolute atomic E-state index is 0. The number of hydrogen-bond donors (Lipinski definition) is 5. The molecule has 10 heteroatoms. The van der Waals surface area contributed by atoms with Gasteiger partial charge in [-0.3, -0.25) is 0 Å². The molecule has 1 aromatic rings. The maximum absolute atomic E-state index is 10.3. The first-order chi connectivity index (χ1) is 8.38. The first kappa shape index (κ1) is 31.2. The van der Waals surface area contributed by atoms with Crippen LogP contribution in [0.1, 0.15) is 14.6 Å². The first-order valence-electron chi connectivity index (χ1n) is 5.09. The SMILES string of the molecule is NC(CO)(CO)CO.O=C(O)c1cc[c]([BiH2])cc1.[H-].[H-].[H-].[Na+].[Na+].[Na+]. The number of carboxylic acids is 1. The summed E-state index contributed by atoms with van der Waals surface area (Å²) < 4.78 is 1.24. The molecule has 0 aliphatic carbocycles. The van der Waals surface area contributed by atoms with Gasteiger partial charge in [0, 0.05) is 0 Å². The number of aromatic carboxylic acids is 1. The zero-order valence-corrected chi connectivity index (χ0v) is 23.3. The molecule has 0 saturated carbocycles. The second kappa shape index (κ2) is 17.2. The summed E-state index contributed by atoms with van der Waals surface area (Å²) in [5.74, 6) is -0.856. The Labute approximate surface area is 210 Å². The molecule has 0 aliphatic rings. The van der Waals surface area contributed by atoms with Crippen LogP contribution in [0.3, 0.4) is 0 Å². The zero-order valence-electron chi connectivity index (χ0n) is 15.8.